The van der Waals surface area contributed by atoms with E-state index in [4.69, 9.17) is 0 Å². The standard InChI is InChI=1S/2K.Li.Na.4H. The molecule has 4 heavy (non-hydrogen) atoms. The Kier molecular flexibility index (Phi) is 90.7. The Labute approximate surface area is 146 Å². The van der Waals surface area contributed by atoms with Crippen molar-refractivity contribution < 1.29 is 0 Å². The van der Waals surface area contributed by atoms with E-state index in [-0.39, 0.29) is 151 Å². The monoisotopic (exact) mass is 112 g/mol. The molecule has 0 aromatic carbocycles. The van der Waals surface area contributed by atoms with E-state index in [0.29, 0.717) is 0 Å². The summed E-state index contributed by atoms with van der Waals surface area (Å²) in [7, 11) is 0. The van der Waals surface area contributed by atoms with E-state index in [1.54, 1.807) is 0 Å². The molecule has 0 aliphatic heterocycles. The van der Waals surface area contributed by atoms with Crippen LogP contribution in [0, 0.1) is 0 Å². The fourth-order valence-corrected chi connectivity index (χ4v) is 0. The summed E-state index contributed by atoms with van der Waals surface area (Å²) in [6.45, 7) is 0. The van der Waals surface area contributed by atoms with Crippen LogP contribution in [0.15, 0.2) is 0 Å². The number of rotatable bonds is 0. The quantitative estimate of drug-likeness (QED) is 0.302. The Morgan fingerprint density at radius 3 is 0.750 bits per heavy atom. The van der Waals surface area contributed by atoms with Crippen LogP contribution in [-0.4, -0.2) is 151 Å². The zero-order valence-electron chi connectivity index (χ0n) is 0. The van der Waals surface area contributed by atoms with Gasteiger partial charge in [0.15, 0.2) is 0 Å². The van der Waals surface area contributed by atoms with E-state index < -0.39 is 0 Å². The van der Waals surface area contributed by atoms with Gasteiger partial charge in [-0.15, -0.1) is 0 Å². The topological polar surface area (TPSA) is 0 Å². The van der Waals surface area contributed by atoms with Crippen molar-refractivity contribution in [2.24, 2.45) is 0 Å². The average molecular weight is 112 g/mol. The van der Waals surface area contributed by atoms with Gasteiger partial charge in [0.2, 0.25) is 0 Å². The van der Waals surface area contributed by atoms with Gasteiger partial charge in [0.25, 0.3) is 0 Å². The molecule has 0 heterocycles. The van der Waals surface area contributed by atoms with Gasteiger partial charge in [-0.25, -0.2) is 0 Å². The zero-order chi connectivity index (χ0) is 0. The molecule has 0 saturated heterocycles. The second-order valence-corrected chi connectivity index (χ2v) is 0. The van der Waals surface area contributed by atoms with Crippen LogP contribution < -0.4 is 0 Å². The van der Waals surface area contributed by atoms with E-state index in [1.165, 1.54) is 0 Å². The molecule has 0 unspecified atom stereocenters. The summed E-state index contributed by atoms with van der Waals surface area (Å²) in [6, 6.07) is 0. The van der Waals surface area contributed by atoms with Gasteiger partial charge in [-0.1, -0.05) is 0 Å². The second kappa shape index (κ2) is 15.7. The third kappa shape index (κ3) is 9.98. The maximum absolute atomic E-state index is 0. The van der Waals surface area contributed by atoms with Crippen molar-refractivity contribution in [3.05, 3.63) is 0 Å². The minimum absolute atomic E-state index is 0. The van der Waals surface area contributed by atoms with Crippen LogP contribution in [0.1, 0.15) is 0 Å². The molecule has 0 bridgehead atoms. The van der Waals surface area contributed by atoms with Gasteiger partial charge in [0, 0.05) is 0 Å². The molecule has 0 amide bonds. The van der Waals surface area contributed by atoms with Gasteiger partial charge in [0.05, 0.1) is 0 Å². The first-order valence-electron chi connectivity index (χ1n) is 0. The molecule has 0 nitrogen and oxygen atoms in total. The summed E-state index contributed by atoms with van der Waals surface area (Å²) in [6.07, 6.45) is 0. The molecule has 0 rings (SSSR count). The Hall–Kier alpha value is 4.87. The molecule has 0 aliphatic rings. The maximum atomic E-state index is 0. The first kappa shape index (κ1) is 23.2. The fraction of sp³-hybridized carbons (Fsp3) is 0. The molecule has 0 radical (unpaired) electrons. The first-order valence-corrected chi connectivity index (χ1v) is 0. The number of hydrogen-bond donors (Lipinski definition) is 0. The molecule has 8 valence electrons. The van der Waals surface area contributed by atoms with Gasteiger partial charge in [-0.05, 0) is 0 Å². The predicted octanol–water partition coefficient (Wildman–Crippen LogP) is -2.59. The predicted molar refractivity (Wildman–Crippen MR) is 28.6 cm³/mol. The summed E-state index contributed by atoms with van der Waals surface area (Å²) in [5.41, 5.74) is 0. The van der Waals surface area contributed by atoms with Crippen LogP contribution in [0.2, 0.25) is 0 Å². The van der Waals surface area contributed by atoms with E-state index in [1.807, 2.05) is 0 Å². The first-order chi connectivity index (χ1) is 0. The summed E-state index contributed by atoms with van der Waals surface area (Å²) in [4.78, 5) is 0. The molecular formula is H4K2LiNa. The number of hydrogen-bond acceptors (Lipinski definition) is 0. The van der Waals surface area contributed by atoms with Crippen LogP contribution in [0.25, 0.3) is 0 Å². The van der Waals surface area contributed by atoms with E-state index in [9.17, 15) is 0 Å². The van der Waals surface area contributed by atoms with Gasteiger partial charge < -0.3 is 0 Å². The minimum atomic E-state index is 0. The van der Waals surface area contributed by atoms with E-state index >= 15 is 0 Å². The van der Waals surface area contributed by atoms with Crippen LogP contribution in [-0.2, 0) is 0 Å². The van der Waals surface area contributed by atoms with Crippen LogP contribution in [0.4, 0.5) is 0 Å². The van der Waals surface area contributed by atoms with Crippen molar-refractivity contribution in [2.75, 3.05) is 0 Å². The van der Waals surface area contributed by atoms with Gasteiger partial charge in [-0.3, -0.25) is 0 Å². The van der Waals surface area contributed by atoms with Crippen LogP contribution in [0.5, 0.6) is 0 Å². The van der Waals surface area contributed by atoms with Crippen LogP contribution >= 0.6 is 0 Å². The molecular weight excluding hydrogens is 108 g/mol. The van der Waals surface area contributed by atoms with Crippen molar-refractivity contribution in [3.8, 4) is 0 Å². The Morgan fingerprint density at radius 1 is 0.750 bits per heavy atom. The molecule has 0 aromatic heterocycles. The summed E-state index contributed by atoms with van der Waals surface area (Å²) in [5, 5.41) is 0. The molecule has 0 aromatic rings. The summed E-state index contributed by atoms with van der Waals surface area (Å²) >= 11 is 0. The van der Waals surface area contributed by atoms with Gasteiger partial charge >= 0.3 is 151 Å². The molecule has 0 fully saturated rings. The van der Waals surface area contributed by atoms with Crippen molar-refractivity contribution in [1.82, 2.24) is 0 Å². The molecule has 0 spiro atoms. The van der Waals surface area contributed by atoms with Gasteiger partial charge in [0.1, 0.15) is 0 Å². The molecule has 0 N–H and O–H groups in total. The van der Waals surface area contributed by atoms with Crippen LogP contribution in [0.3, 0.4) is 0 Å². The van der Waals surface area contributed by atoms with Crippen molar-refractivity contribution in [2.45, 2.75) is 0 Å². The Morgan fingerprint density at radius 2 is 0.750 bits per heavy atom. The third-order valence-electron chi connectivity index (χ3n) is 0. The van der Waals surface area contributed by atoms with Crippen molar-refractivity contribution in [1.29, 1.82) is 0 Å². The SMILES string of the molecule is [KH].[KH].[LiH].[NaH]. The third-order valence-corrected chi connectivity index (χ3v) is 0. The Bertz CT molecular complexity index is 6.00. The zero-order valence-corrected chi connectivity index (χ0v) is 0. The second-order valence-electron chi connectivity index (χ2n) is 0. The molecule has 0 saturated carbocycles. The van der Waals surface area contributed by atoms with Crippen molar-refractivity contribution in [3.63, 3.8) is 0 Å². The molecule has 0 atom stereocenters. The van der Waals surface area contributed by atoms with Crippen molar-refractivity contribution >= 4 is 151 Å². The summed E-state index contributed by atoms with van der Waals surface area (Å²) < 4.78 is 0. The molecule has 0 aliphatic carbocycles. The Balaban J connectivity index is 0. The van der Waals surface area contributed by atoms with E-state index in [2.05, 4.69) is 0 Å². The van der Waals surface area contributed by atoms with E-state index in [0.717, 1.165) is 0 Å². The summed E-state index contributed by atoms with van der Waals surface area (Å²) in [5.74, 6) is 0. The van der Waals surface area contributed by atoms with Gasteiger partial charge in [-0.2, -0.15) is 0 Å². The molecule has 4 heteroatoms. The normalized spacial score (nSPS) is 0. The average Bonchev–Trinajstić information content (AvgIpc) is 0. The fourth-order valence-electron chi connectivity index (χ4n) is 0.